The van der Waals surface area contributed by atoms with Gasteiger partial charge in [0.1, 0.15) is 22.8 Å². The molecule has 4 aromatic heterocycles. The molecule has 9 heteroatoms. The minimum Gasteiger partial charge on any atom is -0.487 e. The monoisotopic (exact) mass is 449 g/mol. The number of thiazole rings is 1. The summed E-state index contributed by atoms with van der Waals surface area (Å²) in [7, 11) is 3.92. The molecule has 0 aliphatic rings. The molecule has 0 bridgehead atoms. The first-order valence-electron chi connectivity index (χ1n) is 9.60. The summed E-state index contributed by atoms with van der Waals surface area (Å²) in [5.74, 6) is 0.512. The number of anilines is 2. The smallest absolute Gasteiger partial charge is 0.265 e. The lowest BCUT2D eigenvalue weighted by molar-refractivity contribution is 0.103. The van der Waals surface area contributed by atoms with Gasteiger partial charge in [-0.15, -0.1) is 11.3 Å². The van der Waals surface area contributed by atoms with Crippen molar-refractivity contribution in [1.82, 2.24) is 14.4 Å². The molecule has 0 saturated carbocycles. The van der Waals surface area contributed by atoms with Crippen LogP contribution in [0.3, 0.4) is 0 Å². The van der Waals surface area contributed by atoms with E-state index < -0.39 is 0 Å². The van der Waals surface area contributed by atoms with E-state index in [4.69, 9.17) is 4.74 Å². The van der Waals surface area contributed by atoms with Crippen LogP contribution in [-0.4, -0.2) is 34.4 Å². The molecule has 0 atom stereocenters. The number of pyridine rings is 1. The van der Waals surface area contributed by atoms with Gasteiger partial charge in [-0.2, -0.15) is 0 Å². The fourth-order valence-corrected chi connectivity index (χ4v) is 5.13. The van der Waals surface area contributed by atoms with Crippen LogP contribution < -0.4 is 15.0 Å². The highest BCUT2D eigenvalue weighted by atomic mass is 32.1. The summed E-state index contributed by atoms with van der Waals surface area (Å²) in [5.41, 5.74) is 2.39. The van der Waals surface area contributed by atoms with Gasteiger partial charge in [-0.3, -0.25) is 4.79 Å². The van der Waals surface area contributed by atoms with Crippen molar-refractivity contribution in [3.8, 4) is 5.75 Å². The number of thiophene rings is 1. The van der Waals surface area contributed by atoms with Crippen molar-refractivity contribution in [1.29, 1.82) is 0 Å². The fraction of sp³-hybridized carbons (Fsp3) is 0.136. The molecule has 31 heavy (non-hydrogen) atoms. The normalized spacial score (nSPS) is 11.2. The summed E-state index contributed by atoms with van der Waals surface area (Å²) >= 11 is 2.97. The molecule has 0 fully saturated rings. The number of hydrogen-bond acceptors (Lipinski definition) is 7. The van der Waals surface area contributed by atoms with Crippen molar-refractivity contribution in [2.75, 3.05) is 24.3 Å². The van der Waals surface area contributed by atoms with Gasteiger partial charge in [-0.25, -0.2) is 9.97 Å². The highest BCUT2D eigenvalue weighted by Crippen LogP contribution is 2.34. The van der Waals surface area contributed by atoms with E-state index in [1.807, 2.05) is 84.3 Å². The summed E-state index contributed by atoms with van der Waals surface area (Å²) in [4.78, 5) is 25.3. The number of rotatable bonds is 6. The van der Waals surface area contributed by atoms with Crippen molar-refractivity contribution in [3.63, 3.8) is 0 Å². The Balaban J connectivity index is 1.26. The Bertz CT molecular complexity index is 1320. The van der Waals surface area contributed by atoms with Crippen LogP contribution in [0.15, 0.2) is 60.9 Å². The van der Waals surface area contributed by atoms with E-state index in [-0.39, 0.29) is 5.91 Å². The lowest BCUT2D eigenvalue weighted by atomic mass is 10.3. The Morgan fingerprint density at radius 1 is 1.13 bits per heavy atom. The zero-order valence-corrected chi connectivity index (χ0v) is 18.5. The predicted molar refractivity (Wildman–Crippen MR) is 126 cm³/mol. The van der Waals surface area contributed by atoms with E-state index in [1.165, 1.54) is 11.3 Å². The van der Waals surface area contributed by atoms with Gasteiger partial charge in [0, 0.05) is 38.2 Å². The molecule has 0 spiro atoms. The van der Waals surface area contributed by atoms with Crippen molar-refractivity contribution in [2.45, 2.75) is 6.61 Å². The number of nitrogens with one attached hydrogen (secondary N) is 1. The van der Waals surface area contributed by atoms with Gasteiger partial charge in [0.2, 0.25) is 0 Å². The van der Waals surface area contributed by atoms with Crippen LogP contribution in [0.25, 0.3) is 15.2 Å². The van der Waals surface area contributed by atoms with Gasteiger partial charge in [-0.05, 0) is 30.3 Å². The summed E-state index contributed by atoms with van der Waals surface area (Å²) in [5, 5.41) is 3.88. The average Bonchev–Trinajstić information content (AvgIpc) is 3.45. The summed E-state index contributed by atoms with van der Waals surface area (Å²) < 4.78 is 8.86. The SMILES string of the molecule is CN(C)c1nc2sc(C(=O)Nc3cccc(OCc4cn5ccccc5n4)c3)cc2s1. The Morgan fingerprint density at radius 2 is 2.03 bits per heavy atom. The maximum atomic E-state index is 12.7. The van der Waals surface area contributed by atoms with Crippen LogP contribution >= 0.6 is 22.7 Å². The average molecular weight is 450 g/mol. The second-order valence-corrected chi connectivity index (χ2v) is 9.18. The second kappa shape index (κ2) is 8.01. The summed E-state index contributed by atoms with van der Waals surface area (Å²) in [6.45, 7) is 0.347. The number of hydrogen-bond donors (Lipinski definition) is 1. The second-order valence-electron chi connectivity index (χ2n) is 7.14. The highest BCUT2D eigenvalue weighted by molar-refractivity contribution is 7.29. The van der Waals surface area contributed by atoms with E-state index >= 15 is 0 Å². The molecule has 4 heterocycles. The third-order valence-corrected chi connectivity index (χ3v) is 6.90. The number of ether oxygens (including phenoxy) is 1. The number of carbonyl (C=O) groups is 1. The van der Waals surface area contributed by atoms with Gasteiger partial charge in [0.15, 0.2) is 5.13 Å². The molecule has 1 N–H and O–H groups in total. The van der Waals surface area contributed by atoms with Crippen LogP contribution in [-0.2, 0) is 6.61 Å². The zero-order chi connectivity index (χ0) is 21.4. The molecule has 0 radical (unpaired) electrons. The third-order valence-electron chi connectivity index (χ3n) is 4.58. The summed E-state index contributed by atoms with van der Waals surface area (Å²) in [6.07, 6.45) is 3.90. The minimum atomic E-state index is -0.154. The van der Waals surface area contributed by atoms with Crippen molar-refractivity contribution >= 4 is 54.6 Å². The van der Waals surface area contributed by atoms with Gasteiger partial charge in [0.25, 0.3) is 5.91 Å². The number of aromatic nitrogens is 3. The Labute approximate surface area is 186 Å². The molecular weight excluding hydrogens is 430 g/mol. The molecule has 5 rings (SSSR count). The van der Waals surface area contributed by atoms with Crippen LogP contribution in [0.1, 0.15) is 15.4 Å². The Hall–Kier alpha value is -3.43. The first-order valence-corrected chi connectivity index (χ1v) is 11.2. The highest BCUT2D eigenvalue weighted by Gasteiger charge is 2.15. The van der Waals surface area contributed by atoms with E-state index in [1.54, 1.807) is 11.3 Å². The molecule has 0 aliphatic heterocycles. The zero-order valence-electron chi connectivity index (χ0n) is 16.9. The maximum absolute atomic E-state index is 12.7. The largest absolute Gasteiger partial charge is 0.487 e. The molecule has 1 amide bonds. The molecule has 0 saturated heterocycles. The molecule has 1 aromatic carbocycles. The molecule has 0 unspecified atom stereocenters. The number of amides is 1. The number of fused-ring (bicyclic) bond motifs is 2. The molecular formula is C22H19N5O2S2. The quantitative estimate of drug-likeness (QED) is 0.399. The lowest BCUT2D eigenvalue weighted by Gasteiger charge is -2.08. The third kappa shape index (κ3) is 4.10. The van der Waals surface area contributed by atoms with Crippen LogP contribution in [0, 0.1) is 0 Å². The van der Waals surface area contributed by atoms with Crippen molar-refractivity contribution in [3.05, 3.63) is 71.5 Å². The standard InChI is InChI=1S/C22H19N5O2S2/c1-26(2)22-25-21-18(31-22)11-17(30-21)20(28)24-14-6-5-7-16(10-14)29-13-15-12-27-9-4-3-8-19(27)23-15/h3-12H,13H2,1-2H3,(H,24,28). The number of carbonyl (C=O) groups excluding carboxylic acids is 1. The van der Waals surface area contributed by atoms with Gasteiger partial charge in [0.05, 0.1) is 15.3 Å². The minimum absolute atomic E-state index is 0.154. The van der Waals surface area contributed by atoms with Crippen LogP contribution in [0.4, 0.5) is 10.8 Å². The number of benzene rings is 1. The van der Waals surface area contributed by atoms with E-state index in [2.05, 4.69) is 15.3 Å². The lowest BCUT2D eigenvalue weighted by Crippen LogP contribution is -2.10. The molecule has 5 aromatic rings. The van der Waals surface area contributed by atoms with Gasteiger partial charge in [-0.1, -0.05) is 23.5 Å². The van der Waals surface area contributed by atoms with Gasteiger partial charge < -0.3 is 19.4 Å². The predicted octanol–water partition coefficient (Wildman–Crippen LogP) is 4.90. The van der Waals surface area contributed by atoms with Crippen LogP contribution in [0.2, 0.25) is 0 Å². The molecule has 0 aliphatic carbocycles. The first-order chi connectivity index (χ1) is 15.0. The Morgan fingerprint density at radius 3 is 2.84 bits per heavy atom. The molecule has 7 nitrogen and oxygen atoms in total. The van der Waals surface area contributed by atoms with Gasteiger partial charge >= 0.3 is 0 Å². The van der Waals surface area contributed by atoms with E-state index in [0.717, 1.165) is 26.0 Å². The van der Waals surface area contributed by atoms with E-state index in [0.29, 0.717) is 22.9 Å². The Kier molecular flexibility index (Phi) is 5.05. The molecule has 156 valence electrons. The van der Waals surface area contributed by atoms with Crippen LogP contribution in [0.5, 0.6) is 5.75 Å². The van der Waals surface area contributed by atoms with E-state index in [9.17, 15) is 4.79 Å². The summed E-state index contributed by atoms with van der Waals surface area (Å²) in [6, 6.07) is 15.1. The fourth-order valence-electron chi connectivity index (χ4n) is 3.10. The maximum Gasteiger partial charge on any atom is 0.265 e. The van der Waals surface area contributed by atoms with Crippen molar-refractivity contribution < 1.29 is 9.53 Å². The number of imidazole rings is 1. The topological polar surface area (TPSA) is 71.8 Å². The van der Waals surface area contributed by atoms with Crippen molar-refractivity contribution in [2.24, 2.45) is 0 Å². The first kappa shape index (κ1) is 19.5. The number of nitrogens with zero attached hydrogens (tertiary/aromatic N) is 4.